The molecule has 1 saturated heterocycles. The molecule has 0 saturated carbocycles. The maximum absolute atomic E-state index is 13.6. The van der Waals surface area contributed by atoms with Crippen LogP contribution >= 0.6 is 0 Å². The summed E-state index contributed by atoms with van der Waals surface area (Å²) in [6.07, 6.45) is 4.59. The Labute approximate surface area is 249 Å². The van der Waals surface area contributed by atoms with Crippen LogP contribution in [0.15, 0.2) is 90.5 Å². The van der Waals surface area contributed by atoms with Crippen LogP contribution in [-0.4, -0.2) is 63.4 Å². The summed E-state index contributed by atoms with van der Waals surface area (Å²) in [6, 6.07) is 26.6. The molecular formula is C35H43N3O4. The summed E-state index contributed by atoms with van der Waals surface area (Å²) in [6.45, 7) is 6.76. The van der Waals surface area contributed by atoms with Crippen molar-refractivity contribution in [2.45, 2.75) is 44.4 Å². The lowest BCUT2D eigenvalue weighted by Crippen LogP contribution is -2.65. The van der Waals surface area contributed by atoms with Crippen LogP contribution in [-0.2, 0) is 28.1 Å². The van der Waals surface area contributed by atoms with Gasteiger partial charge in [-0.1, -0.05) is 66.7 Å². The first-order valence-electron chi connectivity index (χ1n) is 15.1. The number of amides is 1. The highest BCUT2D eigenvalue weighted by molar-refractivity contribution is 5.95. The Morgan fingerprint density at radius 3 is 2.57 bits per heavy atom. The van der Waals surface area contributed by atoms with Crippen LogP contribution in [0.1, 0.15) is 36.5 Å². The molecule has 2 atom stereocenters. The van der Waals surface area contributed by atoms with Crippen molar-refractivity contribution in [2.24, 2.45) is 0 Å². The molecule has 2 bridgehead atoms. The number of para-hydroxylation sites is 1. The zero-order valence-electron chi connectivity index (χ0n) is 24.8. The summed E-state index contributed by atoms with van der Waals surface area (Å²) in [7, 11) is 1.68. The van der Waals surface area contributed by atoms with Crippen LogP contribution in [0.3, 0.4) is 0 Å². The second-order valence-corrected chi connectivity index (χ2v) is 11.0. The van der Waals surface area contributed by atoms with Crippen molar-refractivity contribution in [3.63, 3.8) is 0 Å². The van der Waals surface area contributed by atoms with Crippen LogP contribution in [0.4, 0.5) is 0 Å². The number of carbonyl (C=O) groups is 1. The van der Waals surface area contributed by atoms with Gasteiger partial charge in [-0.05, 0) is 49.1 Å². The minimum atomic E-state index is -0.237. The largest absolute Gasteiger partial charge is 0.496 e. The summed E-state index contributed by atoms with van der Waals surface area (Å²) in [5.74, 6) is 1.83. The van der Waals surface area contributed by atoms with Gasteiger partial charge in [0.25, 0.3) is 5.91 Å². The van der Waals surface area contributed by atoms with E-state index in [1.165, 1.54) is 11.1 Å². The van der Waals surface area contributed by atoms with E-state index >= 15 is 0 Å². The zero-order chi connectivity index (χ0) is 29.2. The first-order chi connectivity index (χ1) is 20.6. The van der Waals surface area contributed by atoms with Gasteiger partial charge in [-0.15, -0.1) is 0 Å². The van der Waals surface area contributed by atoms with E-state index in [4.69, 9.17) is 14.2 Å². The van der Waals surface area contributed by atoms with E-state index in [9.17, 15) is 4.79 Å². The lowest BCUT2D eigenvalue weighted by molar-refractivity contribution is -0.127. The van der Waals surface area contributed by atoms with Crippen molar-refractivity contribution in [1.82, 2.24) is 15.5 Å². The van der Waals surface area contributed by atoms with Crippen molar-refractivity contribution in [3.05, 3.63) is 107 Å². The SMILES string of the molecule is CCN(CCc1ccccc1)C(=O)C1=CCC2(c3ccc(OCCCOCc4ccccc4OC)cc3)CNCC1N2. The average Bonchev–Trinajstić information content (AvgIpc) is 3.04. The molecule has 5 rings (SSSR count). The number of ether oxygens (including phenoxy) is 3. The van der Waals surface area contributed by atoms with Crippen LogP contribution in [0.5, 0.6) is 11.5 Å². The molecular weight excluding hydrogens is 526 g/mol. The first-order valence-corrected chi connectivity index (χ1v) is 15.1. The molecule has 0 radical (unpaired) electrons. The quantitative estimate of drug-likeness (QED) is 0.270. The molecule has 2 aliphatic heterocycles. The molecule has 3 aromatic carbocycles. The number of nitrogens with zero attached hydrogens (tertiary/aromatic N) is 1. The Bertz CT molecular complexity index is 1330. The second kappa shape index (κ2) is 14.5. The molecule has 0 spiro atoms. The Kier molecular flexibility index (Phi) is 10.3. The number of piperazine rings is 1. The molecule has 2 N–H and O–H groups in total. The normalized spacial score (nSPS) is 19.6. The monoisotopic (exact) mass is 569 g/mol. The van der Waals surface area contributed by atoms with Crippen molar-refractivity contribution in [3.8, 4) is 11.5 Å². The van der Waals surface area contributed by atoms with E-state index in [0.717, 1.165) is 61.5 Å². The predicted octanol–water partition coefficient (Wildman–Crippen LogP) is 4.86. The van der Waals surface area contributed by atoms with Gasteiger partial charge in [-0.25, -0.2) is 0 Å². The van der Waals surface area contributed by atoms with Crippen LogP contribution in [0, 0.1) is 0 Å². The number of fused-ring (bicyclic) bond motifs is 2. The third-order valence-electron chi connectivity index (χ3n) is 8.26. The number of benzene rings is 3. The fourth-order valence-corrected chi connectivity index (χ4v) is 5.87. The van der Waals surface area contributed by atoms with Gasteiger partial charge in [0.15, 0.2) is 0 Å². The molecule has 7 heteroatoms. The molecule has 0 aromatic heterocycles. The zero-order valence-corrected chi connectivity index (χ0v) is 24.8. The van der Waals surface area contributed by atoms with Gasteiger partial charge < -0.3 is 24.4 Å². The molecule has 1 amide bonds. The van der Waals surface area contributed by atoms with E-state index in [-0.39, 0.29) is 17.5 Å². The first kappa shape index (κ1) is 29.8. The van der Waals surface area contributed by atoms with Gasteiger partial charge in [-0.3, -0.25) is 10.1 Å². The van der Waals surface area contributed by atoms with Crippen molar-refractivity contribution in [1.29, 1.82) is 0 Å². The minimum Gasteiger partial charge on any atom is -0.496 e. The summed E-state index contributed by atoms with van der Waals surface area (Å²) in [5.41, 5.74) is 4.14. The Hall–Kier alpha value is -3.65. The number of methoxy groups -OCH3 is 1. The third-order valence-corrected chi connectivity index (χ3v) is 8.26. The topological polar surface area (TPSA) is 72.1 Å². The molecule has 2 unspecified atom stereocenters. The highest BCUT2D eigenvalue weighted by Crippen LogP contribution is 2.35. The maximum atomic E-state index is 13.6. The fourth-order valence-electron chi connectivity index (χ4n) is 5.87. The van der Waals surface area contributed by atoms with Crippen molar-refractivity contribution < 1.29 is 19.0 Å². The number of hydrogen-bond donors (Lipinski definition) is 2. The number of carbonyl (C=O) groups excluding carboxylic acids is 1. The molecule has 0 aliphatic carbocycles. The van der Waals surface area contributed by atoms with Gasteiger partial charge in [0.05, 0.1) is 38.5 Å². The van der Waals surface area contributed by atoms with E-state index in [0.29, 0.717) is 26.4 Å². The molecule has 222 valence electrons. The summed E-state index contributed by atoms with van der Waals surface area (Å²) in [4.78, 5) is 15.5. The van der Waals surface area contributed by atoms with Gasteiger partial charge >= 0.3 is 0 Å². The van der Waals surface area contributed by atoms with E-state index in [1.807, 2.05) is 59.5 Å². The number of likely N-dealkylation sites (N-methyl/N-ethyl adjacent to an activating group) is 1. The van der Waals surface area contributed by atoms with Gasteiger partial charge in [0.1, 0.15) is 11.5 Å². The Morgan fingerprint density at radius 2 is 1.79 bits per heavy atom. The second-order valence-electron chi connectivity index (χ2n) is 11.0. The Morgan fingerprint density at radius 1 is 1.00 bits per heavy atom. The Balaban J connectivity index is 1.12. The van der Waals surface area contributed by atoms with Crippen LogP contribution in [0.25, 0.3) is 0 Å². The predicted molar refractivity (Wildman–Crippen MR) is 166 cm³/mol. The lowest BCUT2D eigenvalue weighted by Gasteiger charge is -2.47. The highest BCUT2D eigenvalue weighted by Gasteiger charge is 2.42. The molecule has 2 heterocycles. The minimum absolute atomic E-state index is 0.0162. The van der Waals surface area contributed by atoms with Gasteiger partial charge in [-0.2, -0.15) is 0 Å². The van der Waals surface area contributed by atoms with Crippen molar-refractivity contribution in [2.75, 3.05) is 46.5 Å². The average molecular weight is 570 g/mol. The van der Waals surface area contributed by atoms with Crippen LogP contribution < -0.4 is 20.1 Å². The van der Waals surface area contributed by atoms with Gasteiger partial charge in [0, 0.05) is 43.7 Å². The summed E-state index contributed by atoms with van der Waals surface area (Å²) < 4.78 is 17.2. The smallest absolute Gasteiger partial charge is 0.251 e. The molecule has 7 nitrogen and oxygen atoms in total. The third kappa shape index (κ3) is 7.21. The molecule has 2 aliphatic rings. The molecule has 42 heavy (non-hydrogen) atoms. The van der Waals surface area contributed by atoms with Crippen LogP contribution in [0.2, 0.25) is 0 Å². The van der Waals surface area contributed by atoms with E-state index < -0.39 is 0 Å². The number of rotatable bonds is 14. The molecule has 1 fully saturated rings. The fraction of sp³-hybridized carbons (Fsp3) is 0.400. The standard InChI is InChI=1S/C35H43N3O4/c1-3-38(21-19-27-10-5-4-6-11-27)34(39)31-18-20-35(26-36-24-32(31)37-35)29-14-16-30(17-15-29)42-23-9-22-41-25-28-12-7-8-13-33(28)40-2/h4-8,10-18,32,36-37H,3,9,19-26H2,1-2H3. The molecule has 3 aromatic rings. The van der Waals surface area contributed by atoms with Crippen molar-refractivity contribution >= 4 is 5.91 Å². The number of nitrogens with one attached hydrogen (secondary N) is 2. The summed E-state index contributed by atoms with van der Waals surface area (Å²) >= 11 is 0. The maximum Gasteiger partial charge on any atom is 0.251 e. The van der Waals surface area contributed by atoms with E-state index in [1.54, 1.807) is 7.11 Å². The highest BCUT2D eigenvalue weighted by atomic mass is 16.5. The van der Waals surface area contributed by atoms with Gasteiger partial charge in [0.2, 0.25) is 0 Å². The number of hydrogen-bond acceptors (Lipinski definition) is 6. The lowest BCUT2D eigenvalue weighted by atomic mass is 9.78. The van der Waals surface area contributed by atoms with E-state index in [2.05, 4.69) is 47.9 Å². The summed E-state index contributed by atoms with van der Waals surface area (Å²) in [5, 5.41) is 7.42.